The fourth-order valence-electron chi connectivity index (χ4n) is 0.484. The van der Waals surface area contributed by atoms with Crippen LogP contribution in [0.2, 0.25) is 0 Å². The van der Waals surface area contributed by atoms with E-state index in [1.54, 1.807) is 0 Å². The highest BCUT2D eigenvalue weighted by Crippen LogP contribution is 1.97. The fourth-order valence-corrected chi connectivity index (χ4v) is 0.484. The molecule has 0 saturated carbocycles. The van der Waals surface area contributed by atoms with E-state index >= 15 is 0 Å². The van der Waals surface area contributed by atoms with Crippen LogP contribution in [0.15, 0.2) is 0 Å². The molecule has 10 heavy (non-hydrogen) atoms. The number of aldehydes is 2. The van der Waals surface area contributed by atoms with E-state index < -0.39 is 18.3 Å². The zero-order valence-corrected chi connectivity index (χ0v) is 5.32. The summed E-state index contributed by atoms with van der Waals surface area (Å²) in [6, 6.07) is 0. The van der Waals surface area contributed by atoms with E-state index in [4.69, 9.17) is 5.11 Å². The Labute approximate surface area is 57.8 Å². The number of rotatable bonds is 5. The SMILES string of the molecule is O=CCC(C=O)C(=O)CO. The second kappa shape index (κ2) is 4.81. The first kappa shape index (κ1) is 8.97. The molecule has 4 heteroatoms. The summed E-state index contributed by atoms with van der Waals surface area (Å²) in [5.41, 5.74) is 0. The largest absolute Gasteiger partial charge is 0.389 e. The van der Waals surface area contributed by atoms with Gasteiger partial charge in [0.1, 0.15) is 19.2 Å². The van der Waals surface area contributed by atoms with Crippen molar-refractivity contribution < 1.29 is 19.5 Å². The Hall–Kier alpha value is -1.03. The van der Waals surface area contributed by atoms with Crippen molar-refractivity contribution >= 4 is 18.4 Å². The van der Waals surface area contributed by atoms with Gasteiger partial charge in [0.15, 0.2) is 5.78 Å². The summed E-state index contributed by atoms with van der Waals surface area (Å²) in [6.45, 7) is -0.683. The fraction of sp³-hybridized carbons (Fsp3) is 0.500. The molecule has 0 heterocycles. The van der Waals surface area contributed by atoms with Crippen molar-refractivity contribution in [1.29, 1.82) is 0 Å². The van der Waals surface area contributed by atoms with Gasteiger partial charge in [-0.15, -0.1) is 0 Å². The van der Waals surface area contributed by atoms with Crippen LogP contribution in [0.4, 0.5) is 0 Å². The van der Waals surface area contributed by atoms with Crippen LogP contribution in [-0.2, 0) is 14.4 Å². The number of carbonyl (C=O) groups excluding carboxylic acids is 3. The Kier molecular flexibility index (Phi) is 4.32. The van der Waals surface area contributed by atoms with Crippen LogP contribution in [0.3, 0.4) is 0 Å². The van der Waals surface area contributed by atoms with E-state index in [0.29, 0.717) is 12.6 Å². The van der Waals surface area contributed by atoms with Crippen LogP contribution in [0.25, 0.3) is 0 Å². The van der Waals surface area contributed by atoms with Gasteiger partial charge < -0.3 is 14.7 Å². The van der Waals surface area contributed by atoms with Crippen molar-refractivity contribution in [2.45, 2.75) is 6.42 Å². The third-order valence-corrected chi connectivity index (χ3v) is 1.08. The molecule has 0 aliphatic rings. The second-order valence-corrected chi connectivity index (χ2v) is 1.77. The maximum atomic E-state index is 10.5. The Bertz CT molecular complexity index is 141. The minimum Gasteiger partial charge on any atom is -0.389 e. The summed E-state index contributed by atoms with van der Waals surface area (Å²) in [5, 5.41) is 8.24. The van der Waals surface area contributed by atoms with Crippen LogP contribution in [-0.4, -0.2) is 30.1 Å². The minimum atomic E-state index is -0.956. The molecular weight excluding hydrogens is 136 g/mol. The molecule has 1 unspecified atom stereocenters. The van der Waals surface area contributed by atoms with Crippen molar-refractivity contribution in [2.24, 2.45) is 5.92 Å². The zero-order valence-electron chi connectivity index (χ0n) is 5.32. The van der Waals surface area contributed by atoms with Crippen molar-refractivity contribution in [3.8, 4) is 0 Å². The maximum Gasteiger partial charge on any atom is 0.168 e. The molecule has 4 nitrogen and oxygen atoms in total. The molecule has 0 radical (unpaired) electrons. The predicted octanol–water partition coefficient (Wildman–Crippen LogP) is -1.05. The second-order valence-electron chi connectivity index (χ2n) is 1.77. The van der Waals surface area contributed by atoms with E-state index in [9.17, 15) is 14.4 Å². The van der Waals surface area contributed by atoms with Crippen molar-refractivity contribution in [3.05, 3.63) is 0 Å². The number of aliphatic hydroxyl groups excluding tert-OH is 1. The van der Waals surface area contributed by atoms with Gasteiger partial charge >= 0.3 is 0 Å². The molecule has 1 N–H and O–H groups in total. The van der Waals surface area contributed by atoms with Crippen LogP contribution in [0, 0.1) is 5.92 Å². The smallest absolute Gasteiger partial charge is 0.168 e. The van der Waals surface area contributed by atoms with Gasteiger partial charge in [-0.1, -0.05) is 0 Å². The lowest BCUT2D eigenvalue weighted by molar-refractivity contribution is -0.131. The van der Waals surface area contributed by atoms with E-state index in [1.807, 2.05) is 0 Å². The molecule has 0 aromatic heterocycles. The molecule has 0 aliphatic carbocycles. The monoisotopic (exact) mass is 144 g/mol. The standard InChI is InChI=1S/C6H8O4/c7-2-1-5(3-8)6(10)4-9/h2-3,5,9H,1,4H2. The normalized spacial score (nSPS) is 12.1. The van der Waals surface area contributed by atoms with Crippen LogP contribution >= 0.6 is 0 Å². The van der Waals surface area contributed by atoms with Crippen molar-refractivity contribution in [3.63, 3.8) is 0 Å². The predicted molar refractivity (Wildman–Crippen MR) is 32.3 cm³/mol. The molecule has 56 valence electrons. The summed E-state index contributed by atoms with van der Waals surface area (Å²) >= 11 is 0. The molecule has 1 atom stereocenters. The topological polar surface area (TPSA) is 71.4 Å². The third kappa shape index (κ3) is 2.50. The van der Waals surface area contributed by atoms with E-state index in [2.05, 4.69) is 0 Å². The number of hydrogen-bond acceptors (Lipinski definition) is 4. The highest BCUT2D eigenvalue weighted by molar-refractivity contribution is 5.95. The van der Waals surface area contributed by atoms with Gasteiger partial charge in [0, 0.05) is 6.42 Å². The lowest BCUT2D eigenvalue weighted by atomic mass is 10.0. The molecule has 0 fully saturated rings. The Balaban J connectivity index is 3.91. The van der Waals surface area contributed by atoms with Gasteiger partial charge in [0.2, 0.25) is 0 Å². The minimum absolute atomic E-state index is 0.136. The average molecular weight is 144 g/mol. The van der Waals surface area contributed by atoms with Crippen molar-refractivity contribution in [2.75, 3.05) is 6.61 Å². The molecule has 0 spiro atoms. The van der Waals surface area contributed by atoms with Crippen LogP contribution < -0.4 is 0 Å². The Morgan fingerprint density at radius 2 is 2.10 bits per heavy atom. The summed E-state index contributed by atoms with van der Waals surface area (Å²) in [6.07, 6.45) is 0.711. The molecule has 0 bridgehead atoms. The lowest BCUT2D eigenvalue weighted by Gasteiger charge is -1.99. The van der Waals surface area contributed by atoms with E-state index in [1.165, 1.54) is 0 Å². The summed E-state index contributed by atoms with van der Waals surface area (Å²) in [5.74, 6) is -1.57. The van der Waals surface area contributed by atoms with Gasteiger partial charge in [-0.3, -0.25) is 4.79 Å². The molecule has 0 aromatic carbocycles. The molecule has 0 amide bonds. The quantitative estimate of drug-likeness (QED) is 0.395. The number of carbonyl (C=O) groups is 3. The number of ketones is 1. The first-order valence-corrected chi connectivity index (χ1v) is 2.78. The first-order chi connectivity index (χ1) is 4.76. The van der Waals surface area contributed by atoms with Gasteiger partial charge in [0.05, 0.1) is 5.92 Å². The molecular formula is C6H8O4. The Morgan fingerprint density at radius 3 is 2.40 bits per heavy atom. The molecule has 0 aliphatic heterocycles. The maximum absolute atomic E-state index is 10.5. The summed E-state index contributed by atoms with van der Waals surface area (Å²) in [7, 11) is 0. The zero-order chi connectivity index (χ0) is 7.98. The summed E-state index contributed by atoms with van der Waals surface area (Å²) < 4.78 is 0. The van der Waals surface area contributed by atoms with Gasteiger partial charge in [-0.2, -0.15) is 0 Å². The lowest BCUT2D eigenvalue weighted by Crippen LogP contribution is -2.19. The van der Waals surface area contributed by atoms with E-state index in [0.717, 1.165) is 0 Å². The number of aliphatic hydroxyl groups is 1. The number of Topliss-reactive ketones (excluding diaryl/α,β-unsaturated/α-hetero) is 1. The van der Waals surface area contributed by atoms with Gasteiger partial charge in [-0.25, -0.2) is 0 Å². The van der Waals surface area contributed by atoms with Gasteiger partial charge in [-0.05, 0) is 0 Å². The summed E-state index contributed by atoms with van der Waals surface area (Å²) in [4.78, 5) is 30.3. The first-order valence-electron chi connectivity index (χ1n) is 2.78. The highest BCUT2D eigenvalue weighted by Gasteiger charge is 2.14. The van der Waals surface area contributed by atoms with Crippen LogP contribution in [0.5, 0.6) is 0 Å². The van der Waals surface area contributed by atoms with E-state index in [-0.39, 0.29) is 6.42 Å². The molecule has 0 saturated heterocycles. The average Bonchev–Trinajstić information content (AvgIpc) is 1.99. The van der Waals surface area contributed by atoms with Gasteiger partial charge in [0.25, 0.3) is 0 Å². The molecule has 0 aromatic rings. The van der Waals surface area contributed by atoms with Crippen molar-refractivity contribution in [1.82, 2.24) is 0 Å². The molecule has 0 rings (SSSR count). The number of hydrogen-bond donors (Lipinski definition) is 1. The third-order valence-electron chi connectivity index (χ3n) is 1.08. The highest BCUT2D eigenvalue weighted by atomic mass is 16.3. The van der Waals surface area contributed by atoms with Crippen LogP contribution in [0.1, 0.15) is 6.42 Å². The Morgan fingerprint density at radius 1 is 1.50 bits per heavy atom.